The summed E-state index contributed by atoms with van der Waals surface area (Å²) in [6.45, 7) is 18.9. The van der Waals surface area contributed by atoms with Crippen LogP contribution in [0.15, 0.2) is 22.3 Å². The van der Waals surface area contributed by atoms with E-state index in [1.807, 2.05) is 0 Å². The van der Waals surface area contributed by atoms with Crippen molar-refractivity contribution >= 4 is 11.9 Å². The van der Waals surface area contributed by atoms with Crippen LogP contribution in [0.5, 0.6) is 0 Å². The summed E-state index contributed by atoms with van der Waals surface area (Å²) in [5.74, 6) is 3.23. The van der Waals surface area contributed by atoms with Gasteiger partial charge in [-0.25, -0.2) is 0 Å². The van der Waals surface area contributed by atoms with Crippen LogP contribution in [0.25, 0.3) is 0 Å². The maximum Gasteiger partial charge on any atom is 0.309 e. The highest BCUT2D eigenvalue weighted by atomic mass is 16.4. The third kappa shape index (κ3) is 3.81. The zero-order chi connectivity index (χ0) is 31.7. The first kappa shape index (κ1) is 31.0. The molecule has 4 heteroatoms. The summed E-state index contributed by atoms with van der Waals surface area (Å²) in [6.07, 6.45) is 12.7. The summed E-state index contributed by atoms with van der Waals surface area (Å²) in [6, 6.07) is 0. The summed E-state index contributed by atoms with van der Waals surface area (Å²) in [5.41, 5.74) is 5.71. The van der Waals surface area contributed by atoms with E-state index in [2.05, 4.69) is 55.4 Å². The highest BCUT2D eigenvalue weighted by Gasteiger charge is 2.68. The van der Waals surface area contributed by atoms with Crippen molar-refractivity contribution in [2.24, 2.45) is 80.8 Å². The second kappa shape index (κ2) is 9.96. The number of hydrogen-bond donors (Lipinski definition) is 2. The van der Waals surface area contributed by atoms with Crippen molar-refractivity contribution in [1.82, 2.24) is 0 Å². The Bertz CT molecular complexity index is 1320. The Labute approximate surface area is 266 Å². The molecule has 4 nitrogen and oxygen atoms in total. The second-order valence-corrected chi connectivity index (χ2v) is 18.6. The minimum atomic E-state index is -0.678. The number of allylic oxidation sites excluding steroid dienone is 4. The normalized spacial score (nSPS) is 49.7. The molecule has 0 amide bonds. The standard InChI is InChI=1S/C40H60O4/c1-21(2)23-11-13-27-31-25(19-29-37(27,5)15-9-17-39(29,7)35(41)42)26-20-30-38(6,16-10-18-40(30,8)36(43)44)28-14-12-24(22(3)4)34(32(26)28)33(23)31/h21-23,25-30,32H,9-20H2,1-8H3,(H,41,42)(H,43,44). The van der Waals surface area contributed by atoms with Gasteiger partial charge in [0.15, 0.2) is 0 Å². The third-order valence-corrected chi connectivity index (χ3v) is 16.4. The van der Waals surface area contributed by atoms with Crippen molar-refractivity contribution in [3.8, 4) is 0 Å². The molecule has 0 aliphatic heterocycles. The molecule has 44 heavy (non-hydrogen) atoms. The van der Waals surface area contributed by atoms with E-state index >= 15 is 0 Å². The van der Waals surface area contributed by atoms with Crippen LogP contribution in [0.4, 0.5) is 0 Å². The Morgan fingerprint density at radius 1 is 0.750 bits per heavy atom. The molecular formula is C40H60O4. The molecule has 0 aromatic carbocycles. The minimum absolute atomic E-state index is 0.0213. The first-order valence-electron chi connectivity index (χ1n) is 18.5. The predicted molar refractivity (Wildman–Crippen MR) is 175 cm³/mol. The molecule has 0 spiro atoms. The maximum absolute atomic E-state index is 13.1. The van der Waals surface area contributed by atoms with Crippen LogP contribution >= 0.6 is 0 Å². The van der Waals surface area contributed by atoms with Gasteiger partial charge in [0.2, 0.25) is 0 Å². The van der Waals surface area contributed by atoms with E-state index in [0.717, 1.165) is 51.4 Å². The lowest BCUT2D eigenvalue weighted by Gasteiger charge is -2.69. The summed E-state index contributed by atoms with van der Waals surface area (Å²) in [5, 5.41) is 21.6. The smallest absolute Gasteiger partial charge is 0.309 e. The summed E-state index contributed by atoms with van der Waals surface area (Å²) >= 11 is 0. The number of carboxylic acids is 2. The van der Waals surface area contributed by atoms with E-state index in [9.17, 15) is 19.8 Å². The molecule has 4 saturated carbocycles. The lowest BCUT2D eigenvalue weighted by molar-refractivity contribution is -0.183. The van der Waals surface area contributed by atoms with Crippen molar-refractivity contribution in [2.45, 2.75) is 132 Å². The van der Waals surface area contributed by atoms with Gasteiger partial charge in [-0.05, 0) is 159 Å². The fourth-order valence-electron chi connectivity index (χ4n) is 14.3. The average molecular weight is 605 g/mol. The molecule has 7 rings (SSSR count). The van der Waals surface area contributed by atoms with Crippen molar-refractivity contribution in [3.63, 3.8) is 0 Å². The van der Waals surface area contributed by atoms with Crippen LogP contribution in [-0.2, 0) is 9.59 Å². The van der Waals surface area contributed by atoms with Crippen molar-refractivity contribution in [3.05, 3.63) is 22.3 Å². The lowest BCUT2D eigenvalue weighted by Crippen LogP contribution is -2.63. The van der Waals surface area contributed by atoms with Gasteiger partial charge in [-0.3, -0.25) is 9.59 Å². The highest BCUT2D eigenvalue weighted by molar-refractivity contribution is 5.76. The van der Waals surface area contributed by atoms with Crippen LogP contribution < -0.4 is 0 Å². The first-order chi connectivity index (χ1) is 20.6. The van der Waals surface area contributed by atoms with Gasteiger partial charge in [0.25, 0.3) is 0 Å². The topological polar surface area (TPSA) is 74.6 Å². The number of rotatable bonds is 4. The Kier molecular flexibility index (Phi) is 7.03. The first-order valence-corrected chi connectivity index (χ1v) is 18.5. The number of fused-ring (bicyclic) bond motifs is 6. The van der Waals surface area contributed by atoms with Gasteiger partial charge in [-0.15, -0.1) is 0 Å². The highest BCUT2D eigenvalue weighted by Crippen LogP contribution is 2.75. The fourth-order valence-corrected chi connectivity index (χ4v) is 14.3. The quantitative estimate of drug-likeness (QED) is 0.335. The van der Waals surface area contributed by atoms with Crippen molar-refractivity contribution in [1.29, 1.82) is 0 Å². The largest absolute Gasteiger partial charge is 0.481 e. The maximum atomic E-state index is 13.1. The SMILES string of the molecule is CC(C)C1=C2C3=C4C(CC5C(C)(C(=O)O)CCCC5(C)C4CCC3C(C)C)C3CC4C(C)(C(=O)O)CCCC4(C)C(CC1)C23. The second-order valence-electron chi connectivity index (χ2n) is 18.6. The van der Waals surface area contributed by atoms with Crippen LogP contribution in [0.3, 0.4) is 0 Å². The van der Waals surface area contributed by atoms with E-state index in [0.29, 0.717) is 47.3 Å². The fraction of sp³-hybridized carbons (Fsp3) is 0.850. The Balaban J connectivity index is 1.50. The van der Waals surface area contributed by atoms with E-state index in [-0.39, 0.29) is 22.7 Å². The number of carbonyl (C=O) groups is 2. The van der Waals surface area contributed by atoms with E-state index in [1.165, 1.54) is 25.7 Å². The molecule has 12 unspecified atom stereocenters. The van der Waals surface area contributed by atoms with Crippen LogP contribution in [0.1, 0.15) is 132 Å². The van der Waals surface area contributed by atoms with Gasteiger partial charge < -0.3 is 10.2 Å². The van der Waals surface area contributed by atoms with Gasteiger partial charge in [-0.1, -0.05) is 65.5 Å². The molecule has 7 aliphatic carbocycles. The molecule has 12 atom stereocenters. The van der Waals surface area contributed by atoms with Gasteiger partial charge >= 0.3 is 11.9 Å². The Morgan fingerprint density at radius 2 is 1.34 bits per heavy atom. The molecule has 0 radical (unpaired) electrons. The zero-order valence-electron chi connectivity index (χ0n) is 29.0. The van der Waals surface area contributed by atoms with E-state index in [1.54, 1.807) is 22.3 Å². The molecule has 244 valence electrons. The molecule has 7 aliphatic rings. The van der Waals surface area contributed by atoms with Crippen LogP contribution in [0.2, 0.25) is 0 Å². The van der Waals surface area contributed by atoms with E-state index in [4.69, 9.17) is 0 Å². The monoisotopic (exact) mass is 604 g/mol. The van der Waals surface area contributed by atoms with Crippen molar-refractivity contribution in [2.75, 3.05) is 0 Å². The molecular weight excluding hydrogens is 544 g/mol. The summed E-state index contributed by atoms with van der Waals surface area (Å²) in [7, 11) is 0. The molecule has 2 N–H and O–H groups in total. The number of carboxylic acid groups (broad SMARTS) is 2. The predicted octanol–water partition coefficient (Wildman–Crippen LogP) is 9.79. The Morgan fingerprint density at radius 3 is 1.91 bits per heavy atom. The minimum Gasteiger partial charge on any atom is -0.481 e. The molecule has 0 heterocycles. The molecule has 4 fully saturated rings. The Hall–Kier alpha value is -1.58. The molecule has 0 saturated heterocycles. The van der Waals surface area contributed by atoms with Crippen molar-refractivity contribution < 1.29 is 19.8 Å². The number of aliphatic carboxylic acids is 2. The summed E-state index contributed by atoms with van der Waals surface area (Å²) < 4.78 is 0. The molecule has 0 aromatic heterocycles. The van der Waals surface area contributed by atoms with Gasteiger partial charge in [-0.2, -0.15) is 0 Å². The van der Waals surface area contributed by atoms with Gasteiger partial charge in [0.05, 0.1) is 10.8 Å². The van der Waals surface area contributed by atoms with Gasteiger partial charge in [0.1, 0.15) is 0 Å². The molecule has 0 aromatic rings. The zero-order valence-corrected chi connectivity index (χ0v) is 29.0. The number of hydrogen-bond acceptors (Lipinski definition) is 2. The van der Waals surface area contributed by atoms with Crippen LogP contribution in [-0.4, -0.2) is 22.2 Å². The van der Waals surface area contributed by atoms with Gasteiger partial charge in [0, 0.05) is 0 Å². The van der Waals surface area contributed by atoms with E-state index < -0.39 is 22.8 Å². The third-order valence-electron chi connectivity index (χ3n) is 16.4. The average Bonchev–Trinajstić information content (AvgIpc) is 2.95. The van der Waals surface area contributed by atoms with Crippen LogP contribution in [0, 0.1) is 80.8 Å². The summed E-state index contributed by atoms with van der Waals surface area (Å²) in [4.78, 5) is 26.2. The molecule has 0 bridgehead atoms. The lowest BCUT2D eigenvalue weighted by atomic mass is 9.35.